The number of rotatable bonds is 4. The van der Waals surface area contributed by atoms with E-state index in [4.69, 9.17) is 11.6 Å². The summed E-state index contributed by atoms with van der Waals surface area (Å²) in [7, 11) is 0. The summed E-state index contributed by atoms with van der Waals surface area (Å²) < 4.78 is 2.61. The van der Waals surface area contributed by atoms with Crippen LogP contribution in [0, 0.1) is 0 Å². The smallest absolute Gasteiger partial charge is 0.408 e. The van der Waals surface area contributed by atoms with Gasteiger partial charge in [-0.05, 0) is 42.8 Å². The van der Waals surface area contributed by atoms with Gasteiger partial charge in [0, 0.05) is 12.1 Å². The normalized spacial score (nSPS) is 13.1. The van der Waals surface area contributed by atoms with Crippen molar-refractivity contribution in [1.29, 1.82) is 0 Å². The van der Waals surface area contributed by atoms with Crippen molar-refractivity contribution in [2.45, 2.75) is 38.9 Å². The molecule has 0 aliphatic rings. The van der Waals surface area contributed by atoms with E-state index in [1.165, 1.54) is 11.2 Å². The van der Waals surface area contributed by atoms with Crippen molar-refractivity contribution in [2.75, 3.05) is 0 Å². The van der Waals surface area contributed by atoms with Gasteiger partial charge in [0.25, 0.3) is 0 Å². The standard InChI is InChI=1S/C15H18BrClN4O2/c1-5-9(21(14(22)23)15(2,3)4)7-20-11(16)6-10-12(17)18-8-19-13(10)20/h5-6,8-9H,1,7H2,2-4H3,(H,22,23). The maximum atomic E-state index is 11.7. The van der Waals surface area contributed by atoms with Crippen molar-refractivity contribution in [1.82, 2.24) is 19.4 Å². The molecule has 0 fully saturated rings. The Balaban J connectivity index is 2.47. The van der Waals surface area contributed by atoms with Crippen LogP contribution in [-0.4, -0.2) is 42.2 Å². The lowest BCUT2D eigenvalue weighted by atomic mass is 10.0. The third kappa shape index (κ3) is 3.50. The number of amides is 1. The number of hydrogen-bond acceptors (Lipinski definition) is 3. The molecule has 0 aliphatic heterocycles. The molecule has 6 nitrogen and oxygen atoms in total. The van der Waals surface area contributed by atoms with Gasteiger partial charge in [-0.25, -0.2) is 14.8 Å². The summed E-state index contributed by atoms with van der Waals surface area (Å²) in [6.07, 6.45) is 2.01. The van der Waals surface area contributed by atoms with Crippen LogP contribution in [0.25, 0.3) is 11.0 Å². The summed E-state index contributed by atoms with van der Waals surface area (Å²) in [6, 6.07) is 1.40. The van der Waals surface area contributed by atoms with E-state index in [0.717, 1.165) is 4.60 Å². The van der Waals surface area contributed by atoms with Gasteiger partial charge >= 0.3 is 6.09 Å². The molecule has 1 unspecified atom stereocenters. The van der Waals surface area contributed by atoms with Crippen molar-refractivity contribution in [2.24, 2.45) is 0 Å². The van der Waals surface area contributed by atoms with Crippen LogP contribution in [-0.2, 0) is 6.54 Å². The van der Waals surface area contributed by atoms with Crippen LogP contribution >= 0.6 is 27.5 Å². The Bertz CT molecular complexity index is 754. The third-order valence-corrected chi connectivity index (χ3v) is 4.45. The number of halogens is 2. The lowest BCUT2D eigenvalue weighted by Gasteiger charge is -2.38. The van der Waals surface area contributed by atoms with E-state index in [-0.39, 0.29) is 0 Å². The second-order valence-electron chi connectivity index (χ2n) is 6.11. The van der Waals surface area contributed by atoms with Gasteiger partial charge in [0.2, 0.25) is 0 Å². The highest BCUT2D eigenvalue weighted by molar-refractivity contribution is 9.10. The van der Waals surface area contributed by atoms with E-state index in [0.29, 0.717) is 22.7 Å². The predicted molar refractivity (Wildman–Crippen MR) is 93.8 cm³/mol. The summed E-state index contributed by atoms with van der Waals surface area (Å²) in [5.41, 5.74) is 0.0789. The highest BCUT2D eigenvalue weighted by Crippen LogP contribution is 2.28. The zero-order valence-corrected chi connectivity index (χ0v) is 15.5. The fraction of sp³-hybridized carbons (Fsp3) is 0.400. The van der Waals surface area contributed by atoms with E-state index >= 15 is 0 Å². The largest absolute Gasteiger partial charge is 0.465 e. The van der Waals surface area contributed by atoms with Gasteiger partial charge in [-0.15, -0.1) is 6.58 Å². The Morgan fingerprint density at radius 1 is 1.57 bits per heavy atom. The molecule has 8 heteroatoms. The first-order valence-electron chi connectivity index (χ1n) is 6.97. The Kier molecular flexibility index (Phi) is 5.01. The second kappa shape index (κ2) is 6.49. The maximum absolute atomic E-state index is 11.7. The quantitative estimate of drug-likeness (QED) is 0.616. The van der Waals surface area contributed by atoms with Gasteiger partial charge in [0.05, 0.1) is 16.0 Å². The summed E-state index contributed by atoms with van der Waals surface area (Å²) in [5.74, 6) is 0. The molecular formula is C15H18BrClN4O2. The maximum Gasteiger partial charge on any atom is 0.408 e. The molecule has 23 heavy (non-hydrogen) atoms. The van der Waals surface area contributed by atoms with E-state index in [2.05, 4.69) is 32.5 Å². The lowest BCUT2D eigenvalue weighted by molar-refractivity contribution is 0.0786. The van der Waals surface area contributed by atoms with E-state index in [9.17, 15) is 9.90 Å². The molecule has 0 aromatic carbocycles. The van der Waals surface area contributed by atoms with Crippen LogP contribution < -0.4 is 0 Å². The Morgan fingerprint density at radius 2 is 2.22 bits per heavy atom. The molecule has 0 saturated heterocycles. The minimum absolute atomic E-state index is 0.357. The average Bonchev–Trinajstić information content (AvgIpc) is 2.74. The molecule has 2 heterocycles. The minimum Gasteiger partial charge on any atom is -0.465 e. The number of hydrogen-bond donors (Lipinski definition) is 1. The third-order valence-electron chi connectivity index (χ3n) is 3.49. The molecule has 124 valence electrons. The molecule has 0 saturated carbocycles. The lowest BCUT2D eigenvalue weighted by Crippen LogP contribution is -2.51. The Hall–Kier alpha value is -1.60. The molecule has 2 rings (SSSR count). The first-order chi connectivity index (χ1) is 10.7. The van der Waals surface area contributed by atoms with Crippen molar-refractivity contribution in [3.8, 4) is 0 Å². The molecule has 0 bridgehead atoms. The average molecular weight is 402 g/mol. The Morgan fingerprint density at radius 3 is 2.74 bits per heavy atom. The number of aromatic nitrogens is 3. The van der Waals surface area contributed by atoms with E-state index < -0.39 is 17.7 Å². The first kappa shape index (κ1) is 17.7. The predicted octanol–water partition coefficient (Wildman–Crippen LogP) is 4.18. The van der Waals surface area contributed by atoms with Crippen LogP contribution in [0.15, 0.2) is 29.7 Å². The number of carbonyl (C=O) groups is 1. The molecule has 1 atom stereocenters. The number of nitrogens with zero attached hydrogens (tertiary/aromatic N) is 4. The zero-order valence-electron chi connectivity index (χ0n) is 13.1. The highest BCUT2D eigenvalue weighted by Gasteiger charge is 2.32. The fourth-order valence-corrected chi connectivity index (χ4v) is 3.28. The molecule has 0 spiro atoms. The molecule has 2 aromatic rings. The highest BCUT2D eigenvalue weighted by atomic mass is 79.9. The van der Waals surface area contributed by atoms with Gasteiger partial charge < -0.3 is 9.67 Å². The Labute approximate surface area is 147 Å². The van der Waals surface area contributed by atoms with Crippen molar-refractivity contribution in [3.05, 3.63) is 34.8 Å². The van der Waals surface area contributed by atoms with Gasteiger partial charge in [-0.1, -0.05) is 17.7 Å². The van der Waals surface area contributed by atoms with Crippen LogP contribution in [0.4, 0.5) is 4.79 Å². The topological polar surface area (TPSA) is 71.2 Å². The van der Waals surface area contributed by atoms with Crippen molar-refractivity contribution >= 4 is 44.7 Å². The summed E-state index contributed by atoms with van der Waals surface area (Å²) in [5, 5.41) is 10.6. The second-order valence-corrected chi connectivity index (χ2v) is 7.28. The van der Waals surface area contributed by atoms with Crippen molar-refractivity contribution < 1.29 is 9.90 Å². The molecule has 2 aromatic heterocycles. The van der Waals surface area contributed by atoms with Gasteiger partial charge in [0.1, 0.15) is 17.1 Å². The fourth-order valence-electron chi connectivity index (χ4n) is 2.55. The molecule has 0 aliphatic carbocycles. The number of carboxylic acid groups (broad SMARTS) is 1. The number of fused-ring (bicyclic) bond motifs is 1. The zero-order chi connectivity index (χ0) is 17.4. The minimum atomic E-state index is -0.998. The first-order valence-corrected chi connectivity index (χ1v) is 8.14. The van der Waals surface area contributed by atoms with E-state index in [1.807, 2.05) is 31.4 Å². The van der Waals surface area contributed by atoms with Gasteiger partial charge in [-0.2, -0.15) is 0 Å². The van der Waals surface area contributed by atoms with Crippen LogP contribution in [0.1, 0.15) is 20.8 Å². The van der Waals surface area contributed by atoms with Crippen LogP contribution in [0.5, 0.6) is 0 Å². The van der Waals surface area contributed by atoms with Crippen LogP contribution in [0.2, 0.25) is 5.15 Å². The summed E-state index contributed by atoms with van der Waals surface area (Å²) >= 11 is 9.56. The van der Waals surface area contributed by atoms with E-state index in [1.54, 1.807) is 6.08 Å². The summed E-state index contributed by atoms with van der Waals surface area (Å²) in [4.78, 5) is 21.3. The molecule has 0 radical (unpaired) electrons. The monoisotopic (exact) mass is 400 g/mol. The van der Waals surface area contributed by atoms with Crippen LogP contribution in [0.3, 0.4) is 0 Å². The van der Waals surface area contributed by atoms with Gasteiger partial charge in [-0.3, -0.25) is 4.90 Å². The van der Waals surface area contributed by atoms with Gasteiger partial charge in [0.15, 0.2) is 0 Å². The molecule has 1 N–H and O–H groups in total. The SMILES string of the molecule is C=CC(Cn1c(Br)cc2c(Cl)ncnc21)N(C(=O)O)C(C)(C)C. The molecule has 1 amide bonds. The van der Waals surface area contributed by atoms with Crippen molar-refractivity contribution in [3.63, 3.8) is 0 Å². The molecular weight excluding hydrogens is 384 g/mol. The summed E-state index contributed by atoms with van der Waals surface area (Å²) in [6.45, 7) is 9.70.